The summed E-state index contributed by atoms with van der Waals surface area (Å²) < 4.78 is 5.50. The minimum Gasteiger partial charge on any atom is -0.493 e. The van der Waals surface area contributed by atoms with Crippen LogP contribution in [-0.2, 0) is 0 Å². The van der Waals surface area contributed by atoms with E-state index >= 15 is 0 Å². The van der Waals surface area contributed by atoms with Gasteiger partial charge in [-0.2, -0.15) is 0 Å². The van der Waals surface area contributed by atoms with Gasteiger partial charge in [0.2, 0.25) is 0 Å². The van der Waals surface area contributed by atoms with Crippen LogP contribution in [0.4, 0.5) is 0 Å². The van der Waals surface area contributed by atoms with Crippen LogP contribution in [0.2, 0.25) is 0 Å². The van der Waals surface area contributed by atoms with E-state index in [1.807, 2.05) is 55.5 Å². The molecule has 0 saturated heterocycles. The van der Waals surface area contributed by atoms with Crippen LogP contribution in [0.15, 0.2) is 60.7 Å². The first-order chi connectivity index (χ1) is 10.8. The number of fused-ring (bicyclic) bond motifs is 1. The fraction of sp³-hybridized carbons (Fsp3) is 0.105. The third-order valence-electron chi connectivity index (χ3n) is 3.42. The van der Waals surface area contributed by atoms with Gasteiger partial charge in [0, 0.05) is 11.2 Å². The molecule has 110 valence electrons. The number of hydrogen-bond donors (Lipinski definition) is 1. The van der Waals surface area contributed by atoms with Crippen molar-refractivity contribution in [1.82, 2.24) is 4.98 Å². The minimum absolute atomic E-state index is 0.0669. The molecule has 2 aromatic carbocycles. The van der Waals surface area contributed by atoms with Gasteiger partial charge in [-0.1, -0.05) is 30.3 Å². The van der Waals surface area contributed by atoms with Crippen LogP contribution in [0.25, 0.3) is 17.0 Å². The van der Waals surface area contributed by atoms with E-state index in [4.69, 9.17) is 4.74 Å². The highest BCUT2D eigenvalue weighted by atomic mass is 16.5. The number of para-hydroxylation sites is 2. The third kappa shape index (κ3) is 2.93. The molecule has 1 heterocycles. The fourth-order valence-electron chi connectivity index (χ4n) is 2.39. The summed E-state index contributed by atoms with van der Waals surface area (Å²) in [5, 5.41) is 1.13. The van der Waals surface area contributed by atoms with E-state index in [1.54, 1.807) is 18.2 Å². The van der Waals surface area contributed by atoms with Crippen LogP contribution in [0, 0.1) is 0 Å². The first-order valence-corrected chi connectivity index (χ1v) is 7.30. The maximum absolute atomic E-state index is 12.3. The number of rotatable bonds is 5. The molecule has 3 aromatic rings. The number of ether oxygens (including phenoxy) is 1. The monoisotopic (exact) mass is 291 g/mol. The van der Waals surface area contributed by atoms with Gasteiger partial charge in [-0.15, -0.1) is 0 Å². The Hall–Kier alpha value is -2.81. The molecule has 1 aromatic heterocycles. The second-order valence-corrected chi connectivity index (χ2v) is 4.94. The van der Waals surface area contributed by atoms with Crippen molar-refractivity contribution in [2.24, 2.45) is 0 Å². The van der Waals surface area contributed by atoms with Crippen LogP contribution in [0.3, 0.4) is 0 Å². The summed E-state index contributed by atoms with van der Waals surface area (Å²) in [6.45, 7) is 2.44. The Labute approximate surface area is 129 Å². The number of H-pyrrole nitrogens is 1. The largest absolute Gasteiger partial charge is 0.493 e. The summed E-state index contributed by atoms with van der Waals surface area (Å²) in [6, 6.07) is 17.3. The van der Waals surface area contributed by atoms with Gasteiger partial charge >= 0.3 is 0 Å². The SMILES string of the molecule is CCOc1ccccc1C(=O)/C=C/c1cc2ccccc2[nH]1. The van der Waals surface area contributed by atoms with Gasteiger partial charge < -0.3 is 9.72 Å². The number of carbonyl (C=O) groups is 1. The molecule has 0 unspecified atom stereocenters. The topological polar surface area (TPSA) is 42.1 Å². The van der Waals surface area contributed by atoms with E-state index in [9.17, 15) is 4.79 Å². The lowest BCUT2D eigenvalue weighted by atomic mass is 10.1. The Kier molecular flexibility index (Phi) is 4.05. The van der Waals surface area contributed by atoms with Gasteiger partial charge in [0.15, 0.2) is 5.78 Å². The third-order valence-corrected chi connectivity index (χ3v) is 3.42. The van der Waals surface area contributed by atoms with Crippen LogP contribution in [-0.4, -0.2) is 17.4 Å². The maximum atomic E-state index is 12.3. The Balaban J connectivity index is 1.84. The molecule has 0 radical (unpaired) electrons. The standard InChI is InChI=1S/C19H17NO2/c1-2-22-19-10-6-4-8-16(19)18(21)12-11-15-13-14-7-3-5-9-17(14)20-15/h3-13,20H,2H2,1H3/b12-11+. The summed E-state index contributed by atoms with van der Waals surface area (Å²) in [5.41, 5.74) is 2.55. The van der Waals surface area contributed by atoms with Crippen molar-refractivity contribution in [1.29, 1.82) is 0 Å². The number of aromatic amines is 1. The van der Waals surface area contributed by atoms with E-state index in [2.05, 4.69) is 4.98 Å². The van der Waals surface area contributed by atoms with Gasteiger partial charge in [0.25, 0.3) is 0 Å². The molecule has 0 atom stereocenters. The average molecular weight is 291 g/mol. The molecule has 0 amide bonds. The molecule has 3 rings (SSSR count). The van der Waals surface area contributed by atoms with Gasteiger partial charge in [-0.3, -0.25) is 4.79 Å². The molecule has 0 aliphatic rings. The predicted molar refractivity (Wildman–Crippen MR) is 89.3 cm³/mol. The Morgan fingerprint density at radius 1 is 1.14 bits per heavy atom. The second-order valence-electron chi connectivity index (χ2n) is 4.94. The van der Waals surface area contributed by atoms with Gasteiger partial charge in [0.1, 0.15) is 5.75 Å². The molecule has 22 heavy (non-hydrogen) atoms. The molecule has 0 aliphatic heterocycles. The summed E-state index contributed by atoms with van der Waals surface area (Å²) in [6.07, 6.45) is 3.37. The smallest absolute Gasteiger partial charge is 0.189 e. The van der Waals surface area contributed by atoms with Crippen molar-refractivity contribution in [2.45, 2.75) is 6.92 Å². The number of carbonyl (C=O) groups excluding carboxylic acids is 1. The van der Waals surface area contributed by atoms with E-state index in [0.717, 1.165) is 16.6 Å². The van der Waals surface area contributed by atoms with Crippen LogP contribution < -0.4 is 4.74 Å². The van der Waals surface area contributed by atoms with Crippen molar-refractivity contribution in [3.05, 3.63) is 71.9 Å². The zero-order valence-corrected chi connectivity index (χ0v) is 12.4. The van der Waals surface area contributed by atoms with Crippen LogP contribution in [0.1, 0.15) is 23.0 Å². The molecule has 0 aliphatic carbocycles. The highest BCUT2D eigenvalue weighted by molar-refractivity contribution is 6.08. The Morgan fingerprint density at radius 2 is 1.91 bits per heavy atom. The maximum Gasteiger partial charge on any atom is 0.189 e. The predicted octanol–water partition coefficient (Wildman–Crippen LogP) is 4.46. The van der Waals surface area contributed by atoms with Crippen molar-refractivity contribution in [3.8, 4) is 5.75 Å². The van der Waals surface area contributed by atoms with E-state index in [-0.39, 0.29) is 5.78 Å². The number of nitrogens with one attached hydrogen (secondary N) is 1. The van der Waals surface area contributed by atoms with Crippen molar-refractivity contribution in [2.75, 3.05) is 6.61 Å². The fourth-order valence-corrected chi connectivity index (χ4v) is 2.39. The molecular weight excluding hydrogens is 274 g/mol. The van der Waals surface area contributed by atoms with Crippen LogP contribution in [0.5, 0.6) is 5.75 Å². The van der Waals surface area contributed by atoms with E-state index < -0.39 is 0 Å². The van der Waals surface area contributed by atoms with Gasteiger partial charge in [-0.05, 0) is 48.7 Å². The number of ketones is 1. The molecule has 0 fully saturated rings. The highest BCUT2D eigenvalue weighted by Crippen LogP contribution is 2.20. The zero-order chi connectivity index (χ0) is 15.4. The summed E-state index contributed by atoms with van der Waals surface area (Å²) in [5.74, 6) is 0.555. The van der Waals surface area contributed by atoms with Gasteiger partial charge in [-0.25, -0.2) is 0 Å². The Morgan fingerprint density at radius 3 is 2.73 bits per heavy atom. The van der Waals surface area contributed by atoms with Crippen molar-refractivity contribution in [3.63, 3.8) is 0 Å². The molecule has 0 spiro atoms. The first kappa shape index (κ1) is 14.1. The minimum atomic E-state index is -0.0669. The summed E-state index contributed by atoms with van der Waals surface area (Å²) in [4.78, 5) is 15.6. The summed E-state index contributed by atoms with van der Waals surface area (Å²) in [7, 11) is 0. The lowest BCUT2D eigenvalue weighted by Gasteiger charge is -2.06. The highest BCUT2D eigenvalue weighted by Gasteiger charge is 2.08. The van der Waals surface area contributed by atoms with Crippen molar-refractivity contribution >= 4 is 22.8 Å². The number of benzene rings is 2. The molecule has 3 heteroatoms. The molecule has 1 N–H and O–H groups in total. The molecule has 0 bridgehead atoms. The van der Waals surface area contributed by atoms with Crippen molar-refractivity contribution < 1.29 is 9.53 Å². The number of allylic oxidation sites excluding steroid dienone is 1. The Bertz CT molecular complexity index is 797. The lowest BCUT2D eigenvalue weighted by molar-refractivity contribution is 0.104. The number of aromatic nitrogens is 1. The summed E-state index contributed by atoms with van der Waals surface area (Å²) >= 11 is 0. The zero-order valence-electron chi connectivity index (χ0n) is 12.4. The van der Waals surface area contributed by atoms with E-state index in [0.29, 0.717) is 17.9 Å². The van der Waals surface area contributed by atoms with Gasteiger partial charge in [0.05, 0.1) is 12.2 Å². The molecular formula is C19H17NO2. The quantitative estimate of drug-likeness (QED) is 0.557. The van der Waals surface area contributed by atoms with Crippen LogP contribution >= 0.6 is 0 Å². The molecule has 3 nitrogen and oxygen atoms in total. The average Bonchev–Trinajstić information content (AvgIpc) is 2.96. The normalized spacial score (nSPS) is 11.1. The number of hydrogen-bond acceptors (Lipinski definition) is 2. The lowest BCUT2D eigenvalue weighted by Crippen LogP contribution is -2.01. The molecule has 0 saturated carbocycles. The van der Waals surface area contributed by atoms with E-state index in [1.165, 1.54) is 0 Å². The first-order valence-electron chi connectivity index (χ1n) is 7.30. The second kappa shape index (κ2) is 6.31.